The first-order chi connectivity index (χ1) is 5.83. The molecule has 0 aromatic heterocycles. The van der Waals surface area contributed by atoms with Crippen LogP contribution in [0.1, 0.15) is 26.2 Å². The fourth-order valence-electron chi connectivity index (χ4n) is 1.06. The maximum absolute atomic E-state index is 11.1. The number of hydrogen-bond donors (Lipinski definition) is 1. The van der Waals surface area contributed by atoms with Gasteiger partial charge in [-0.3, -0.25) is 4.79 Å². The fraction of sp³-hybridized carbons (Fsp3) is 0.500. The van der Waals surface area contributed by atoms with Gasteiger partial charge in [0.05, 0.1) is 0 Å². The van der Waals surface area contributed by atoms with Crippen molar-refractivity contribution < 1.29 is 4.79 Å². The van der Waals surface area contributed by atoms with Crippen LogP contribution in [-0.2, 0) is 4.79 Å². The monoisotopic (exact) mass is 165 g/mol. The average molecular weight is 165 g/mol. The molecule has 1 aliphatic rings. The van der Waals surface area contributed by atoms with Gasteiger partial charge in [0, 0.05) is 12.1 Å². The van der Waals surface area contributed by atoms with Crippen LogP contribution >= 0.6 is 0 Å². The molecule has 2 nitrogen and oxygen atoms in total. The molecule has 1 fully saturated rings. The van der Waals surface area contributed by atoms with Gasteiger partial charge in [-0.1, -0.05) is 18.2 Å². The van der Waals surface area contributed by atoms with Gasteiger partial charge in [0.1, 0.15) is 0 Å². The summed E-state index contributed by atoms with van der Waals surface area (Å²) >= 11 is 0. The summed E-state index contributed by atoms with van der Waals surface area (Å²) < 4.78 is 0. The molecule has 0 saturated heterocycles. The lowest BCUT2D eigenvalue weighted by Crippen LogP contribution is -2.38. The number of carbonyl (C=O) groups is 1. The Kier molecular flexibility index (Phi) is 3.58. The van der Waals surface area contributed by atoms with Gasteiger partial charge in [-0.2, -0.15) is 0 Å². The van der Waals surface area contributed by atoms with Crippen molar-refractivity contribution in [2.75, 3.05) is 0 Å². The van der Waals surface area contributed by atoms with E-state index in [4.69, 9.17) is 0 Å². The summed E-state index contributed by atoms with van der Waals surface area (Å²) in [4.78, 5) is 11.1. The predicted molar refractivity (Wildman–Crippen MR) is 49.7 cm³/mol. The van der Waals surface area contributed by atoms with Crippen LogP contribution in [0.2, 0.25) is 0 Å². The maximum Gasteiger partial charge on any atom is 0.244 e. The van der Waals surface area contributed by atoms with Crippen LogP contribution in [0.15, 0.2) is 24.3 Å². The molecule has 0 atom stereocenters. The van der Waals surface area contributed by atoms with Crippen LogP contribution in [0.5, 0.6) is 0 Å². The van der Waals surface area contributed by atoms with Crippen molar-refractivity contribution >= 4 is 5.91 Å². The summed E-state index contributed by atoms with van der Waals surface area (Å²) in [6, 6.07) is 0.438. The van der Waals surface area contributed by atoms with E-state index in [-0.39, 0.29) is 5.91 Å². The summed E-state index contributed by atoms with van der Waals surface area (Å²) in [5.41, 5.74) is 0. The second kappa shape index (κ2) is 4.75. The number of carbonyl (C=O) groups excluding carboxylic acids is 1. The van der Waals surface area contributed by atoms with Gasteiger partial charge in [-0.15, -0.1) is 0 Å². The van der Waals surface area contributed by atoms with Crippen molar-refractivity contribution in [2.45, 2.75) is 32.2 Å². The lowest BCUT2D eigenvalue weighted by molar-refractivity contribution is -0.117. The third kappa shape index (κ3) is 2.91. The van der Waals surface area contributed by atoms with Gasteiger partial charge in [0.15, 0.2) is 0 Å². The van der Waals surface area contributed by atoms with Gasteiger partial charge in [0.2, 0.25) is 5.91 Å². The third-order valence-electron chi connectivity index (χ3n) is 2.00. The van der Waals surface area contributed by atoms with Crippen molar-refractivity contribution in [2.24, 2.45) is 0 Å². The van der Waals surface area contributed by atoms with Gasteiger partial charge < -0.3 is 5.32 Å². The zero-order valence-electron chi connectivity index (χ0n) is 7.42. The Bertz CT molecular complexity index is 202. The second-order valence-corrected chi connectivity index (χ2v) is 3.02. The quantitative estimate of drug-likeness (QED) is 0.501. The van der Waals surface area contributed by atoms with Gasteiger partial charge in [-0.05, 0) is 26.2 Å². The molecule has 0 aromatic carbocycles. The zero-order chi connectivity index (χ0) is 8.81. The predicted octanol–water partition coefficient (Wildman–Crippen LogP) is 1.79. The minimum absolute atomic E-state index is 0.0257. The Morgan fingerprint density at radius 2 is 2.17 bits per heavy atom. The number of amides is 1. The maximum atomic E-state index is 11.1. The molecule has 1 N–H and O–H groups in total. The van der Waals surface area contributed by atoms with E-state index in [0.717, 1.165) is 12.8 Å². The summed E-state index contributed by atoms with van der Waals surface area (Å²) in [5, 5.41) is 2.92. The molecule has 0 aliphatic heterocycles. The number of rotatable bonds is 3. The largest absolute Gasteiger partial charge is 0.350 e. The van der Waals surface area contributed by atoms with Gasteiger partial charge >= 0.3 is 0 Å². The van der Waals surface area contributed by atoms with Crippen LogP contribution in [0.25, 0.3) is 0 Å². The van der Waals surface area contributed by atoms with Crippen LogP contribution in [0.3, 0.4) is 0 Å². The molecule has 0 heterocycles. The first-order valence-electron chi connectivity index (χ1n) is 4.43. The van der Waals surface area contributed by atoms with Crippen LogP contribution < -0.4 is 5.32 Å². The molecule has 0 radical (unpaired) electrons. The normalized spacial score (nSPS) is 18.4. The molecule has 0 spiro atoms. The van der Waals surface area contributed by atoms with E-state index >= 15 is 0 Å². The highest BCUT2D eigenvalue weighted by Crippen LogP contribution is 2.17. The van der Waals surface area contributed by atoms with Crippen molar-refractivity contribution in [1.29, 1.82) is 0 Å². The smallest absolute Gasteiger partial charge is 0.244 e. The highest BCUT2D eigenvalue weighted by atomic mass is 16.1. The van der Waals surface area contributed by atoms with Crippen LogP contribution in [0.4, 0.5) is 0 Å². The average Bonchev–Trinajstić information content (AvgIpc) is 1.98. The number of allylic oxidation sites excluding steroid dienone is 3. The lowest BCUT2D eigenvalue weighted by Gasteiger charge is -2.25. The van der Waals surface area contributed by atoms with Gasteiger partial charge in [0.25, 0.3) is 0 Å². The van der Waals surface area contributed by atoms with Crippen molar-refractivity contribution in [3.63, 3.8) is 0 Å². The molecule has 12 heavy (non-hydrogen) atoms. The van der Waals surface area contributed by atoms with Crippen LogP contribution in [-0.4, -0.2) is 11.9 Å². The Hall–Kier alpha value is -1.05. The third-order valence-corrected chi connectivity index (χ3v) is 2.00. The number of nitrogens with one attached hydrogen (secondary N) is 1. The zero-order valence-corrected chi connectivity index (χ0v) is 7.42. The van der Waals surface area contributed by atoms with E-state index in [0.29, 0.717) is 6.04 Å². The SMILES string of the molecule is C/C=C/C=C/C(=O)NC1CCC1. The molecule has 0 bridgehead atoms. The molecule has 1 rings (SSSR count). The Labute approximate surface area is 73.4 Å². The molecule has 2 heteroatoms. The van der Waals surface area contributed by atoms with E-state index < -0.39 is 0 Å². The summed E-state index contributed by atoms with van der Waals surface area (Å²) in [5.74, 6) is 0.0257. The first-order valence-corrected chi connectivity index (χ1v) is 4.43. The Balaban J connectivity index is 2.18. The van der Waals surface area contributed by atoms with Crippen LogP contribution in [0, 0.1) is 0 Å². The fourth-order valence-corrected chi connectivity index (χ4v) is 1.06. The minimum atomic E-state index is 0.0257. The van der Waals surface area contributed by atoms with Crippen molar-refractivity contribution in [3.05, 3.63) is 24.3 Å². The highest BCUT2D eigenvalue weighted by Gasteiger charge is 2.17. The van der Waals surface area contributed by atoms with E-state index in [2.05, 4.69) is 5.32 Å². The molecule has 0 aromatic rings. The molecule has 1 saturated carbocycles. The highest BCUT2D eigenvalue weighted by molar-refractivity contribution is 5.88. The van der Waals surface area contributed by atoms with Crippen molar-refractivity contribution in [1.82, 2.24) is 5.32 Å². The number of hydrogen-bond acceptors (Lipinski definition) is 1. The Morgan fingerprint density at radius 3 is 2.67 bits per heavy atom. The molecular formula is C10H15NO. The Morgan fingerprint density at radius 1 is 1.42 bits per heavy atom. The molecule has 66 valence electrons. The molecule has 1 amide bonds. The van der Waals surface area contributed by atoms with E-state index in [9.17, 15) is 4.79 Å². The van der Waals surface area contributed by atoms with Gasteiger partial charge in [-0.25, -0.2) is 0 Å². The lowest BCUT2D eigenvalue weighted by atomic mass is 9.93. The van der Waals surface area contributed by atoms with Crippen molar-refractivity contribution in [3.8, 4) is 0 Å². The van der Waals surface area contributed by atoms with E-state index in [1.54, 1.807) is 12.2 Å². The molecule has 1 aliphatic carbocycles. The van der Waals surface area contributed by atoms with E-state index in [1.807, 2.05) is 19.1 Å². The summed E-state index contributed by atoms with van der Waals surface area (Å²) in [6.45, 7) is 1.92. The molecular weight excluding hydrogens is 150 g/mol. The minimum Gasteiger partial charge on any atom is -0.350 e. The molecule has 0 unspecified atom stereocenters. The standard InChI is InChI=1S/C10H15NO/c1-2-3-4-8-10(12)11-9-6-5-7-9/h2-4,8-9H,5-7H2,1H3,(H,11,12)/b3-2+,8-4+. The first kappa shape index (κ1) is 9.04. The second-order valence-electron chi connectivity index (χ2n) is 3.02. The van der Waals surface area contributed by atoms with E-state index in [1.165, 1.54) is 6.42 Å². The summed E-state index contributed by atoms with van der Waals surface area (Å²) in [6.07, 6.45) is 10.6. The summed E-state index contributed by atoms with van der Waals surface area (Å²) in [7, 11) is 0. The topological polar surface area (TPSA) is 29.1 Å².